The molecule has 1 aromatic carbocycles. The zero-order valence-electron chi connectivity index (χ0n) is 12.0. The number of aliphatic carboxylic acids is 1. The van der Waals surface area contributed by atoms with Crippen LogP contribution >= 0.6 is 11.6 Å². The molecule has 0 unspecified atom stereocenters. The average Bonchev–Trinajstić information content (AvgIpc) is 2.89. The summed E-state index contributed by atoms with van der Waals surface area (Å²) in [5.41, 5.74) is 0.313. The Kier molecular flexibility index (Phi) is 5.73. The quantitative estimate of drug-likeness (QED) is 0.825. The Morgan fingerprint density at radius 3 is 2.83 bits per heavy atom. The number of hydrogen-bond donors (Lipinski definition) is 2. The van der Waals surface area contributed by atoms with E-state index in [1.807, 2.05) is 0 Å². The number of alkyl halides is 2. The van der Waals surface area contributed by atoms with Crippen LogP contribution in [0.5, 0.6) is 5.75 Å². The monoisotopic (exact) mass is 348 g/mol. The maximum atomic E-state index is 12.1. The Morgan fingerprint density at radius 2 is 2.22 bits per heavy atom. The molecule has 0 aliphatic carbocycles. The van der Waals surface area contributed by atoms with Gasteiger partial charge in [0, 0.05) is 5.69 Å². The molecule has 1 atom stereocenters. The van der Waals surface area contributed by atoms with Crippen LogP contribution in [-0.2, 0) is 9.59 Å². The third-order valence-electron chi connectivity index (χ3n) is 3.43. The van der Waals surface area contributed by atoms with Gasteiger partial charge in [-0.05, 0) is 37.6 Å². The largest absolute Gasteiger partial charge is 0.480 e. The number of anilines is 1. The highest BCUT2D eigenvalue weighted by atomic mass is 35.5. The molecule has 1 aliphatic heterocycles. The number of benzene rings is 1. The molecule has 1 amide bonds. The van der Waals surface area contributed by atoms with Crippen molar-refractivity contribution in [3.63, 3.8) is 0 Å². The molecule has 0 spiro atoms. The fraction of sp³-hybridized carbons (Fsp3) is 0.429. The molecule has 6 nitrogen and oxygen atoms in total. The number of ether oxygens (including phenoxy) is 1. The summed E-state index contributed by atoms with van der Waals surface area (Å²) in [5, 5.41) is 11.5. The molecule has 1 aliphatic rings. The fourth-order valence-corrected chi connectivity index (χ4v) is 2.68. The number of carboxylic acids is 1. The van der Waals surface area contributed by atoms with Gasteiger partial charge in [0.15, 0.2) is 0 Å². The van der Waals surface area contributed by atoms with Crippen LogP contribution in [0.3, 0.4) is 0 Å². The molecule has 1 saturated heterocycles. The Labute approximate surface area is 136 Å². The minimum absolute atomic E-state index is 0.0623. The minimum atomic E-state index is -2.99. The molecule has 23 heavy (non-hydrogen) atoms. The van der Waals surface area contributed by atoms with E-state index in [1.165, 1.54) is 18.2 Å². The van der Waals surface area contributed by atoms with Gasteiger partial charge in [-0.15, -0.1) is 0 Å². The predicted molar refractivity (Wildman–Crippen MR) is 78.9 cm³/mol. The van der Waals surface area contributed by atoms with Gasteiger partial charge >= 0.3 is 12.6 Å². The van der Waals surface area contributed by atoms with Crippen LogP contribution in [-0.4, -0.2) is 47.6 Å². The number of halogens is 3. The third-order valence-corrected chi connectivity index (χ3v) is 3.72. The number of carbonyl (C=O) groups is 2. The number of amides is 1. The number of likely N-dealkylation sites (tertiary alicyclic amines) is 1. The second-order valence-electron chi connectivity index (χ2n) is 5.04. The highest BCUT2D eigenvalue weighted by molar-refractivity contribution is 6.32. The van der Waals surface area contributed by atoms with Gasteiger partial charge in [-0.25, -0.2) is 0 Å². The van der Waals surface area contributed by atoms with E-state index in [1.54, 1.807) is 4.90 Å². The first-order valence-corrected chi connectivity index (χ1v) is 7.25. The molecule has 126 valence electrons. The maximum absolute atomic E-state index is 12.1. The van der Waals surface area contributed by atoms with Crippen molar-refractivity contribution in [2.24, 2.45) is 0 Å². The highest BCUT2D eigenvalue weighted by Gasteiger charge is 2.31. The number of carboxylic acid groups (broad SMARTS) is 1. The summed E-state index contributed by atoms with van der Waals surface area (Å²) in [6.45, 7) is -2.52. The van der Waals surface area contributed by atoms with Gasteiger partial charge in [0.1, 0.15) is 11.8 Å². The number of rotatable bonds is 6. The predicted octanol–water partition coefficient (Wildman–Crippen LogP) is 2.43. The number of nitrogens with one attached hydrogen (secondary N) is 1. The van der Waals surface area contributed by atoms with E-state index in [2.05, 4.69) is 10.1 Å². The molecule has 2 rings (SSSR count). The van der Waals surface area contributed by atoms with E-state index in [0.29, 0.717) is 18.7 Å². The second kappa shape index (κ2) is 7.56. The average molecular weight is 349 g/mol. The SMILES string of the molecule is O=C(CN1CCC[C@H]1C(=O)O)Nc1ccc(OC(F)F)c(Cl)c1. The standard InChI is InChI=1S/C14H15ClF2N2O4/c15-9-6-8(3-4-11(9)23-14(16)17)18-12(20)7-19-5-1-2-10(19)13(21)22/h3-4,6,10,14H,1-2,5,7H2,(H,18,20)(H,21,22)/t10-/m0/s1. The van der Waals surface area contributed by atoms with E-state index in [-0.39, 0.29) is 17.3 Å². The van der Waals surface area contributed by atoms with Crippen molar-refractivity contribution in [2.75, 3.05) is 18.4 Å². The summed E-state index contributed by atoms with van der Waals surface area (Å²) in [5.74, 6) is -1.55. The van der Waals surface area contributed by atoms with Crippen molar-refractivity contribution >= 4 is 29.2 Å². The molecule has 1 fully saturated rings. The molecule has 0 bridgehead atoms. The summed E-state index contributed by atoms with van der Waals surface area (Å²) in [4.78, 5) is 24.6. The van der Waals surface area contributed by atoms with Crippen molar-refractivity contribution < 1.29 is 28.2 Å². The third kappa shape index (κ3) is 4.77. The summed E-state index contributed by atoms with van der Waals surface area (Å²) in [7, 11) is 0. The molecule has 0 saturated carbocycles. The number of nitrogens with zero attached hydrogens (tertiary/aromatic N) is 1. The first kappa shape index (κ1) is 17.4. The van der Waals surface area contributed by atoms with E-state index in [9.17, 15) is 18.4 Å². The highest BCUT2D eigenvalue weighted by Crippen LogP contribution is 2.29. The van der Waals surface area contributed by atoms with Gasteiger partial charge in [-0.2, -0.15) is 8.78 Å². The van der Waals surface area contributed by atoms with Crippen LogP contribution in [0.2, 0.25) is 5.02 Å². The summed E-state index contributed by atoms with van der Waals surface area (Å²) in [6.07, 6.45) is 1.23. The van der Waals surface area contributed by atoms with Gasteiger partial charge in [0.25, 0.3) is 0 Å². The van der Waals surface area contributed by atoms with Crippen LogP contribution in [0.15, 0.2) is 18.2 Å². The molecule has 0 radical (unpaired) electrons. The maximum Gasteiger partial charge on any atom is 0.387 e. The molecule has 1 heterocycles. The number of carbonyl (C=O) groups excluding carboxylic acids is 1. The van der Waals surface area contributed by atoms with Crippen molar-refractivity contribution in [1.29, 1.82) is 0 Å². The smallest absolute Gasteiger partial charge is 0.387 e. The van der Waals surface area contributed by atoms with Gasteiger partial charge in [0.2, 0.25) is 5.91 Å². The van der Waals surface area contributed by atoms with Crippen molar-refractivity contribution in [2.45, 2.75) is 25.5 Å². The van der Waals surface area contributed by atoms with Crippen molar-refractivity contribution in [3.8, 4) is 5.75 Å². The Balaban J connectivity index is 1.95. The molecular formula is C14H15ClF2N2O4. The fourth-order valence-electron chi connectivity index (χ4n) is 2.45. The first-order valence-electron chi connectivity index (χ1n) is 6.88. The molecule has 0 aromatic heterocycles. The molecule has 1 aromatic rings. The number of hydrogen-bond acceptors (Lipinski definition) is 4. The van der Waals surface area contributed by atoms with Gasteiger partial charge in [0.05, 0.1) is 11.6 Å². The van der Waals surface area contributed by atoms with Crippen molar-refractivity contribution in [3.05, 3.63) is 23.2 Å². The molecular weight excluding hydrogens is 334 g/mol. The van der Waals surface area contributed by atoms with E-state index < -0.39 is 24.5 Å². The zero-order chi connectivity index (χ0) is 17.0. The van der Waals surface area contributed by atoms with E-state index in [4.69, 9.17) is 16.7 Å². The summed E-state index contributed by atoms with van der Waals surface area (Å²) < 4.78 is 28.5. The van der Waals surface area contributed by atoms with Crippen LogP contribution in [0.1, 0.15) is 12.8 Å². The topological polar surface area (TPSA) is 78.9 Å². The second-order valence-corrected chi connectivity index (χ2v) is 5.45. The van der Waals surface area contributed by atoms with Crippen molar-refractivity contribution in [1.82, 2.24) is 4.90 Å². The van der Waals surface area contributed by atoms with Crippen LogP contribution < -0.4 is 10.1 Å². The Bertz CT molecular complexity index is 600. The minimum Gasteiger partial charge on any atom is -0.480 e. The van der Waals surface area contributed by atoms with Gasteiger partial charge < -0.3 is 15.2 Å². The lowest BCUT2D eigenvalue weighted by molar-refractivity contribution is -0.142. The van der Waals surface area contributed by atoms with E-state index in [0.717, 1.165) is 6.42 Å². The van der Waals surface area contributed by atoms with E-state index >= 15 is 0 Å². The lowest BCUT2D eigenvalue weighted by atomic mass is 10.2. The summed E-state index contributed by atoms with van der Waals surface area (Å²) in [6, 6.07) is 3.22. The Morgan fingerprint density at radius 1 is 1.48 bits per heavy atom. The van der Waals surface area contributed by atoms with Crippen LogP contribution in [0.4, 0.5) is 14.5 Å². The molecule has 2 N–H and O–H groups in total. The normalized spacial score (nSPS) is 18.2. The van der Waals surface area contributed by atoms with Gasteiger partial charge in [-0.3, -0.25) is 14.5 Å². The van der Waals surface area contributed by atoms with Crippen LogP contribution in [0.25, 0.3) is 0 Å². The zero-order valence-corrected chi connectivity index (χ0v) is 12.7. The summed E-state index contributed by atoms with van der Waals surface area (Å²) >= 11 is 5.79. The lowest BCUT2D eigenvalue weighted by Crippen LogP contribution is -2.40. The Hall–Kier alpha value is -1.93. The lowest BCUT2D eigenvalue weighted by Gasteiger charge is -2.20. The molecule has 9 heteroatoms. The van der Waals surface area contributed by atoms with Gasteiger partial charge in [-0.1, -0.05) is 11.6 Å². The first-order chi connectivity index (χ1) is 10.9. The van der Waals surface area contributed by atoms with Crippen LogP contribution in [0, 0.1) is 0 Å².